The topological polar surface area (TPSA) is 36.3 Å². The summed E-state index contributed by atoms with van der Waals surface area (Å²) < 4.78 is 13.0. The lowest BCUT2D eigenvalue weighted by Crippen LogP contribution is -2.00. The van der Waals surface area contributed by atoms with Gasteiger partial charge in [-0.3, -0.25) is 4.57 Å². The zero-order valence-electron chi connectivity index (χ0n) is 25.2. The van der Waals surface area contributed by atoms with E-state index >= 15 is 0 Å². The van der Waals surface area contributed by atoms with Crippen molar-refractivity contribution in [2.75, 3.05) is 14.2 Å². The van der Waals surface area contributed by atoms with Gasteiger partial charge in [-0.25, -0.2) is 4.98 Å². The van der Waals surface area contributed by atoms with E-state index in [0.29, 0.717) is 0 Å². The second kappa shape index (κ2) is 12.4. The molecule has 0 aliphatic carbocycles. The molecule has 0 saturated heterocycles. The van der Waals surface area contributed by atoms with Gasteiger partial charge in [0.25, 0.3) is 0 Å². The zero-order chi connectivity index (χ0) is 30.6. The Balaban J connectivity index is 1.39. The van der Waals surface area contributed by atoms with Crippen LogP contribution in [0.3, 0.4) is 0 Å². The second-order valence-corrected chi connectivity index (χ2v) is 10.8. The van der Waals surface area contributed by atoms with Crippen molar-refractivity contribution in [2.45, 2.75) is 0 Å². The SMILES string of the molecule is COc1ccc(-c2ccc(-c3nc(-c4ccccc4)n(-c4ccccc4)c3-c3ccc(-c4ccc(OC)cc4)cc3)cc2)cc1. The number of imidazole rings is 1. The van der Waals surface area contributed by atoms with Crippen LogP contribution in [0.1, 0.15) is 0 Å². The minimum Gasteiger partial charge on any atom is -0.497 e. The molecule has 7 aromatic rings. The second-order valence-electron chi connectivity index (χ2n) is 10.8. The Labute approximate surface area is 263 Å². The first-order valence-electron chi connectivity index (χ1n) is 14.9. The van der Waals surface area contributed by atoms with Crippen LogP contribution in [0, 0.1) is 0 Å². The maximum Gasteiger partial charge on any atom is 0.145 e. The van der Waals surface area contributed by atoms with E-state index < -0.39 is 0 Å². The highest BCUT2D eigenvalue weighted by Gasteiger charge is 2.22. The maximum absolute atomic E-state index is 5.36. The Morgan fingerprint density at radius 3 is 1.27 bits per heavy atom. The van der Waals surface area contributed by atoms with Gasteiger partial charge in [-0.05, 0) is 58.7 Å². The maximum atomic E-state index is 5.36. The minimum absolute atomic E-state index is 0.845. The molecule has 1 aromatic heterocycles. The first-order chi connectivity index (χ1) is 22.2. The lowest BCUT2D eigenvalue weighted by molar-refractivity contribution is 0.415. The number of rotatable bonds is 8. The van der Waals surface area contributed by atoms with Crippen LogP contribution in [-0.2, 0) is 0 Å². The van der Waals surface area contributed by atoms with Crippen molar-refractivity contribution in [1.29, 1.82) is 0 Å². The number of para-hydroxylation sites is 1. The Morgan fingerprint density at radius 2 is 0.800 bits per heavy atom. The molecule has 0 aliphatic heterocycles. The predicted octanol–water partition coefficient (Wildman–Crippen LogP) is 10.2. The van der Waals surface area contributed by atoms with Gasteiger partial charge in [0, 0.05) is 22.4 Å². The largest absolute Gasteiger partial charge is 0.497 e. The number of nitrogens with zero attached hydrogens (tertiary/aromatic N) is 2. The summed E-state index contributed by atoms with van der Waals surface area (Å²) in [5, 5.41) is 0. The van der Waals surface area contributed by atoms with E-state index in [2.05, 4.69) is 126 Å². The van der Waals surface area contributed by atoms with Gasteiger partial charge in [-0.1, -0.05) is 121 Å². The quantitative estimate of drug-likeness (QED) is 0.178. The van der Waals surface area contributed by atoms with Gasteiger partial charge in [0.2, 0.25) is 0 Å². The number of hydrogen-bond donors (Lipinski definition) is 0. The molecule has 0 spiro atoms. The van der Waals surface area contributed by atoms with E-state index in [1.807, 2.05) is 36.4 Å². The Morgan fingerprint density at radius 1 is 0.400 bits per heavy atom. The summed E-state index contributed by atoms with van der Waals surface area (Å²) in [6, 6.07) is 54.6. The molecule has 0 fully saturated rings. The highest BCUT2D eigenvalue weighted by Crippen LogP contribution is 2.40. The summed E-state index contributed by atoms with van der Waals surface area (Å²) in [5.41, 5.74) is 10.8. The third-order valence-corrected chi connectivity index (χ3v) is 8.09. The number of ether oxygens (including phenoxy) is 2. The zero-order valence-corrected chi connectivity index (χ0v) is 25.2. The summed E-state index contributed by atoms with van der Waals surface area (Å²) in [6.45, 7) is 0. The van der Waals surface area contributed by atoms with Crippen LogP contribution < -0.4 is 9.47 Å². The molecule has 0 amide bonds. The molecule has 0 unspecified atom stereocenters. The third-order valence-electron chi connectivity index (χ3n) is 8.09. The van der Waals surface area contributed by atoms with Crippen molar-refractivity contribution in [2.24, 2.45) is 0 Å². The van der Waals surface area contributed by atoms with Crippen LogP contribution in [0.5, 0.6) is 11.5 Å². The first kappa shape index (κ1) is 27.9. The molecule has 0 N–H and O–H groups in total. The van der Waals surface area contributed by atoms with E-state index in [9.17, 15) is 0 Å². The van der Waals surface area contributed by atoms with Crippen LogP contribution >= 0.6 is 0 Å². The summed E-state index contributed by atoms with van der Waals surface area (Å²) in [5.74, 6) is 2.58. The summed E-state index contributed by atoms with van der Waals surface area (Å²) in [7, 11) is 3.37. The smallest absolute Gasteiger partial charge is 0.145 e. The van der Waals surface area contributed by atoms with E-state index in [1.54, 1.807) is 14.2 Å². The number of benzene rings is 6. The van der Waals surface area contributed by atoms with E-state index in [-0.39, 0.29) is 0 Å². The molecule has 4 nitrogen and oxygen atoms in total. The lowest BCUT2D eigenvalue weighted by atomic mass is 9.98. The first-order valence-corrected chi connectivity index (χ1v) is 14.9. The average molecular weight is 585 g/mol. The van der Waals surface area contributed by atoms with Gasteiger partial charge < -0.3 is 9.47 Å². The Bertz CT molecular complexity index is 2010. The summed E-state index contributed by atoms with van der Waals surface area (Å²) in [4.78, 5) is 5.36. The molecular weight excluding hydrogens is 552 g/mol. The van der Waals surface area contributed by atoms with Gasteiger partial charge in [0.15, 0.2) is 0 Å². The van der Waals surface area contributed by atoms with E-state index in [4.69, 9.17) is 14.5 Å². The highest BCUT2D eigenvalue weighted by atomic mass is 16.5. The van der Waals surface area contributed by atoms with Crippen molar-refractivity contribution in [3.63, 3.8) is 0 Å². The molecule has 0 radical (unpaired) electrons. The number of hydrogen-bond acceptors (Lipinski definition) is 3. The normalized spacial score (nSPS) is 10.9. The third kappa shape index (κ3) is 5.62. The van der Waals surface area contributed by atoms with Crippen molar-refractivity contribution >= 4 is 0 Å². The molecule has 218 valence electrons. The fourth-order valence-electron chi connectivity index (χ4n) is 5.71. The van der Waals surface area contributed by atoms with Gasteiger partial charge in [0.05, 0.1) is 25.6 Å². The monoisotopic (exact) mass is 584 g/mol. The molecule has 7 rings (SSSR count). The highest BCUT2D eigenvalue weighted by molar-refractivity contribution is 5.85. The summed E-state index contributed by atoms with van der Waals surface area (Å²) >= 11 is 0. The number of aromatic nitrogens is 2. The van der Waals surface area contributed by atoms with Crippen molar-refractivity contribution in [1.82, 2.24) is 9.55 Å². The van der Waals surface area contributed by atoms with Crippen LogP contribution in [0.25, 0.3) is 61.8 Å². The van der Waals surface area contributed by atoms with Crippen molar-refractivity contribution in [3.8, 4) is 73.3 Å². The number of methoxy groups -OCH3 is 2. The van der Waals surface area contributed by atoms with Crippen LogP contribution in [0.4, 0.5) is 0 Å². The summed E-state index contributed by atoms with van der Waals surface area (Å²) in [6.07, 6.45) is 0. The molecule has 0 saturated carbocycles. The van der Waals surface area contributed by atoms with Crippen LogP contribution in [0.15, 0.2) is 158 Å². The van der Waals surface area contributed by atoms with Crippen LogP contribution in [0.2, 0.25) is 0 Å². The molecule has 45 heavy (non-hydrogen) atoms. The minimum atomic E-state index is 0.845. The van der Waals surface area contributed by atoms with Gasteiger partial charge in [-0.15, -0.1) is 0 Å². The van der Waals surface area contributed by atoms with E-state index in [1.165, 1.54) is 0 Å². The molecule has 0 bridgehead atoms. The predicted molar refractivity (Wildman–Crippen MR) is 184 cm³/mol. The molecule has 6 aromatic carbocycles. The fraction of sp³-hybridized carbons (Fsp3) is 0.0488. The molecule has 0 atom stereocenters. The Hall–Kier alpha value is -5.87. The van der Waals surface area contributed by atoms with Crippen LogP contribution in [-0.4, -0.2) is 23.8 Å². The lowest BCUT2D eigenvalue weighted by Gasteiger charge is -2.14. The van der Waals surface area contributed by atoms with Gasteiger partial charge >= 0.3 is 0 Å². The van der Waals surface area contributed by atoms with Crippen molar-refractivity contribution < 1.29 is 9.47 Å². The average Bonchev–Trinajstić information content (AvgIpc) is 3.53. The standard InChI is InChI=1S/C41H32N2O2/c1-44-37-25-21-31(22-26-37)29-13-17-33(18-14-29)39-40(34-19-15-30(16-20-34)32-23-27-38(45-2)28-24-32)43(36-11-7-4-8-12-36)41(42-39)35-9-5-3-6-10-35/h3-28H,1-2H3. The molecule has 1 heterocycles. The molecule has 4 heteroatoms. The Kier molecular flexibility index (Phi) is 7.69. The fourth-order valence-corrected chi connectivity index (χ4v) is 5.71. The van der Waals surface area contributed by atoms with E-state index in [0.717, 1.165) is 73.3 Å². The van der Waals surface area contributed by atoms with Gasteiger partial charge in [0.1, 0.15) is 17.3 Å². The molecule has 0 aliphatic rings. The van der Waals surface area contributed by atoms with Gasteiger partial charge in [-0.2, -0.15) is 0 Å². The molecular formula is C41H32N2O2. The van der Waals surface area contributed by atoms with Crippen molar-refractivity contribution in [3.05, 3.63) is 158 Å².